The van der Waals surface area contributed by atoms with E-state index >= 15 is 0 Å². The third kappa shape index (κ3) is 2.42. The van der Waals surface area contributed by atoms with Crippen LogP contribution in [0.2, 0.25) is 0 Å². The number of aliphatic hydroxyl groups excluding tert-OH is 1. The van der Waals surface area contributed by atoms with Crippen LogP contribution in [0.4, 0.5) is 0 Å². The van der Waals surface area contributed by atoms with Gasteiger partial charge < -0.3 is 10.4 Å². The Balaban J connectivity index is 2.13. The summed E-state index contributed by atoms with van der Waals surface area (Å²) < 4.78 is 0. The Hall–Kier alpha value is -0.930. The van der Waals surface area contributed by atoms with Crippen molar-refractivity contribution in [3.8, 4) is 0 Å². The third-order valence-corrected chi connectivity index (χ3v) is 3.51. The van der Waals surface area contributed by atoms with Crippen LogP contribution in [0.25, 0.3) is 0 Å². The molecule has 0 saturated carbocycles. The van der Waals surface area contributed by atoms with Crippen molar-refractivity contribution in [1.29, 1.82) is 0 Å². The molecular formula is C13H20N2O. The van der Waals surface area contributed by atoms with E-state index in [1.54, 1.807) is 0 Å². The highest BCUT2D eigenvalue weighted by Gasteiger charge is 2.27. The van der Waals surface area contributed by atoms with Gasteiger partial charge in [0.1, 0.15) is 0 Å². The van der Waals surface area contributed by atoms with Crippen molar-refractivity contribution in [2.45, 2.75) is 38.8 Å². The number of hydrogen-bond donors (Lipinski definition) is 2. The molecule has 1 fully saturated rings. The van der Waals surface area contributed by atoms with Crippen LogP contribution in [0, 0.1) is 12.8 Å². The Kier molecular flexibility index (Phi) is 3.56. The highest BCUT2D eigenvalue weighted by Crippen LogP contribution is 2.29. The van der Waals surface area contributed by atoms with E-state index in [4.69, 9.17) is 0 Å². The molecule has 1 saturated heterocycles. The first-order valence-electron chi connectivity index (χ1n) is 6.01. The fraction of sp³-hybridized carbons (Fsp3) is 0.615. The van der Waals surface area contributed by atoms with Crippen LogP contribution in [0.15, 0.2) is 18.3 Å². The molecule has 1 aromatic rings. The number of aryl methyl sites for hydroxylation is 1. The second-order valence-electron chi connectivity index (χ2n) is 4.74. The number of aromatic nitrogens is 1. The van der Waals surface area contributed by atoms with Gasteiger partial charge in [0.15, 0.2) is 0 Å². The zero-order valence-corrected chi connectivity index (χ0v) is 9.98. The summed E-state index contributed by atoms with van der Waals surface area (Å²) in [6, 6.07) is 4.36. The molecule has 2 rings (SSSR count). The maximum atomic E-state index is 9.66. The van der Waals surface area contributed by atoms with Crippen molar-refractivity contribution in [2.75, 3.05) is 6.54 Å². The normalized spacial score (nSPS) is 27.7. The summed E-state index contributed by atoms with van der Waals surface area (Å²) >= 11 is 0. The third-order valence-electron chi connectivity index (χ3n) is 3.51. The van der Waals surface area contributed by atoms with Gasteiger partial charge in [0.25, 0.3) is 0 Å². The van der Waals surface area contributed by atoms with Gasteiger partial charge in [0.2, 0.25) is 0 Å². The molecule has 0 aromatic carbocycles. The van der Waals surface area contributed by atoms with E-state index in [-0.39, 0.29) is 6.10 Å². The molecule has 16 heavy (non-hydrogen) atoms. The molecule has 2 heterocycles. The summed E-state index contributed by atoms with van der Waals surface area (Å²) in [6.07, 6.45) is 3.67. The molecule has 1 aliphatic rings. The van der Waals surface area contributed by atoms with Gasteiger partial charge in [-0.05, 0) is 50.8 Å². The van der Waals surface area contributed by atoms with Gasteiger partial charge >= 0.3 is 0 Å². The van der Waals surface area contributed by atoms with Gasteiger partial charge in [-0.2, -0.15) is 0 Å². The molecule has 1 aromatic heterocycles. The molecule has 88 valence electrons. The van der Waals surface area contributed by atoms with Crippen molar-refractivity contribution in [1.82, 2.24) is 10.3 Å². The summed E-state index contributed by atoms with van der Waals surface area (Å²) in [7, 11) is 0. The Labute approximate surface area is 96.9 Å². The Bertz CT molecular complexity index is 352. The Morgan fingerprint density at radius 2 is 2.38 bits per heavy atom. The lowest BCUT2D eigenvalue weighted by molar-refractivity contribution is 0.0925. The van der Waals surface area contributed by atoms with Gasteiger partial charge in [-0.3, -0.25) is 4.98 Å². The topological polar surface area (TPSA) is 45.2 Å². The summed E-state index contributed by atoms with van der Waals surface area (Å²) in [5.74, 6) is 0.396. The van der Waals surface area contributed by atoms with Crippen LogP contribution < -0.4 is 5.32 Å². The van der Waals surface area contributed by atoms with Crippen molar-refractivity contribution in [3.05, 3.63) is 29.6 Å². The lowest BCUT2D eigenvalue weighted by Gasteiger charge is -2.32. The average molecular weight is 220 g/mol. The first-order valence-corrected chi connectivity index (χ1v) is 6.01. The monoisotopic (exact) mass is 220 g/mol. The van der Waals surface area contributed by atoms with Crippen LogP contribution in [0.1, 0.15) is 37.1 Å². The molecule has 3 unspecified atom stereocenters. The number of pyridine rings is 1. The number of hydrogen-bond acceptors (Lipinski definition) is 3. The lowest BCUT2D eigenvalue weighted by Crippen LogP contribution is -2.36. The molecule has 0 amide bonds. The molecular weight excluding hydrogens is 200 g/mol. The standard InChI is InChI=1S/C13H20N2O/c1-9-4-3-6-15-13(9)12-8-11(10(2)16)5-7-14-12/h3-4,6,10-12,14,16H,5,7-8H2,1-2H3. The first kappa shape index (κ1) is 11.6. The number of rotatable bonds is 2. The summed E-state index contributed by atoms with van der Waals surface area (Å²) in [4.78, 5) is 4.45. The zero-order chi connectivity index (χ0) is 11.5. The van der Waals surface area contributed by atoms with E-state index in [1.165, 1.54) is 5.56 Å². The van der Waals surface area contributed by atoms with E-state index in [0.717, 1.165) is 25.1 Å². The van der Waals surface area contributed by atoms with Crippen molar-refractivity contribution < 1.29 is 5.11 Å². The van der Waals surface area contributed by atoms with Crippen LogP contribution in [-0.2, 0) is 0 Å². The van der Waals surface area contributed by atoms with Crippen molar-refractivity contribution >= 4 is 0 Å². The average Bonchev–Trinajstić information content (AvgIpc) is 2.30. The van der Waals surface area contributed by atoms with Gasteiger partial charge in [-0.25, -0.2) is 0 Å². The molecule has 0 radical (unpaired) electrons. The largest absolute Gasteiger partial charge is 0.393 e. The second kappa shape index (κ2) is 4.93. The molecule has 0 bridgehead atoms. The fourth-order valence-electron chi connectivity index (χ4n) is 2.46. The molecule has 3 atom stereocenters. The predicted octanol–water partition coefficient (Wildman–Crippen LogP) is 1.81. The van der Waals surface area contributed by atoms with E-state index in [1.807, 2.05) is 19.2 Å². The quantitative estimate of drug-likeness (QED) is 0.799. The maximum absolute atomic E-state index is 9.66. The smallest absolute Gasteiger partial charge is 0.0602 e. The molecule has 0 aliphatic carbocycles. The fourth-order valence-corrected chi connectivity index (χ4v) is 2.46. The molecule has 3 heteroatoms. The van der Waals surface area contributed by atoms with E-state index < -0.39 is 0 Å². The van der Waals surface area contributed by atoms with Crippen molar-refractivity contribution in [3.63, 3.8) is 0 Å². The second-order valence-corrected chi connectivity index (χ2v) is 4.74. The summed E-state index contributed by atoms with van der Waals surface area (Å²) in [5, 5.41) is 13.2. The number of aliphatic hydroxyl groups is 1. The summed E-state index contributed by atoms with van der Waals surface area (Å²) in [6.45, 7) is 4.95. The molecule has 0 spiro atoms. The highest BCUT2D eigenvalue weighted by atomic mass is 16.3. The highest BCUT2D eigenvalue weighted by molar-refractivity contribution is 5.21. The van der Waals surface area contributed by atoms with Gasteiger partial charge in [-0.1, -0.05) is 6.07 Å². The molecule has 2 N–H and O–H groups in total. The minimum absolute atomic E-state index is 0.214. The van der Waals surface area contributed by atoms with Crippen molar-refractivity contribution in [2.24, 2.45) is 5.92 Å². The first-order chi connectivity index (χ1) is 7.68. The zero-order valence-electron chi connectivity index (χ0n) is 9.98. The van der Waals surface area contributed by atoms with E-state index in [0.29, 0.717) is 12.0 Å². The van der Waals surface area contributed by atoms with E-state index in [9.17, 15) is 5.11 Å². The number of nitrogens with one attached hydrogen (secondary N) is 1. The van der Waals surface area contributed by atoms with E-state index in [2.05, 4.69) is 23.3 Å². The minimum Gasteiger partial charge on any atom is -0.393 e. The Morgan fingerprint density at radius 1 is 1.56 bits per heavy atom. The maximum Gasteiger partial charge on any atom is 0.0602 e. The Morgan fingerprint density at radius 3 is 3.06 bits per heavy atom. The van der Waals surface area contributed by atoms with Gasteiger partial charge in [-0.15, -0.1) is 0 Å². The van der Waals surface area contributed by atoms with Crippen LogP contribution >= 0.6 is 0 Å². The SMILES string of the molecule is Cc1cccnc1C1CC(C(C)O)CCN1. The summed E-state index contributed by atoms with van der Waals surface area (Å²) in [5.41, 5.74) is 2.36. The van der Waals surface area contributed by atoms with Crippen LogP contribution in [-0.4, -0.2) is 22.7 Å². The number of piperidine rings is 1. The lowest BCUT2D eigenvalue weighted by atomic mass is 9.86. The van der Waals surface area contributed by atoms with Crippen LogP contribution in [0.3, 0.4) is 0 Å². The molecule has 1 aliphatic heterocycles. The van der Waals surface area contributed by atoms with Crippen LogP contribution in [0.5, 0.6) is 0 Å². The molecule has 3 nitrogen and oxygen atoms in total. The van der Waals surface area contributed by atoms with Gasteiger partial charge in [0.05, 0.1) is 17.8 Å². The van der Waals surface area contributed by atoms with Gasteiger partial charge in [0, 0.05) is 6.20 Å². The minimum atomic E-state index is -0.214. The number of nitrogens with zero attached hydrogens (tertiary/aromatic N) is 1. The predicted molar refractivity (Wildman–Crippen MR) is 64.1 cm³/mol.